The van der Waals surface area contributed by atoms with Crippen LogP contribution in [-0.2, 0) is 7.05 Å². The Morgan fingerprint density at radius 3 is 2.48 bits per heavy atom. The summed E-state index contributed by atoms with van der Waals surface area (Å²) in [5.41, 5.74) is 5.60. The number of rotatable bonds is 0. The van der Waals surface area contributed by atoms with Gasteiger partial charge in [0.05, 0.1) is 28.3 Å². The molecule has 0 aliphatic rings. The molecule has 0 atom stereocenters. The minimum absolute atomic E-state index is 0.993. The highest BCUT2D eigenvalue weighted by Crippen LogP contribution is 2.35. The van der Waals surface area contributed by atoms with E-state index in [1.54, 1.807) is 0 Å². The fraction of sp³-hybridized carbons (Fsp3) is 0.0476. The van der Waals surface area contributed by atoms with Crippen LogP contribution in [0.4, 0.5) is 0 Å². The summed E-state index contributed by atoms with van der Waals surface area (Å²) in [6, 6.07) is 19.3. The number of aromatic nitrogens is 4. The van der Waals surface area contributed by atoms with Crippen molar-refractivity contribution in [3.63, 3.8) is 0 Å². The summed E-state index contributed by atoms with van der Waals surface area (Å²) in [4.78, 5) is 4.61. The van der Waals surface area contributed by atoms with Crippen LogP contribution in [0.5, 0.6) is 0 Å². The number of nitrogens with zero attached hydrogens (tertiary/aromatic N) is 4. The highest BCUT2D eigenvalue weighted by molar-refractivity contribution is 6.18. The second kappa shape index (κ2) is 4.36. The molecule has 0 amide bonds. The maximum atomic E-state index is 4.61. The number of fused-ring (bicyclic) bond motifs is 9. The second-order valence-corrected chi connectivity index (χ2v) is 6.49. The minimum Gasteiger partial charge on any atom is -0.344 e. The molecular weight excluding hydrogens is 308 g/mol. The molecule has 0 saturated heterocycles. The summed E-state index contributed by atoms with van der Waals surface area (Å²) < 4.78 is 4.26. The Labute approximate surface area is 142 Å². The van der Waals surface area contributed by atoms with Gasteiger partial charge in [0.2, 0.25) is 0 Å². The highest BCUT2D eigenvalue weighted by Gasteiger charge is 2.14. The lowest BCUT2D eigenvalue weighted by atomic mass is 10.1. The molecule has 4 aromatic heterocycles. The molecule has 6 aromatic rings. The van der Waals surface area contributed by atoms with Crippen LogP contribution in [-0.4, -0.2) is 19.2 Å². The van der Waals surface area contributed by atoms with Gasteiger partial charge in [0.1, 0.15) is 0 Å². The van der Waals surface area contributed by atoms with Gasteiger partial charge in [0, 0.05) is 40.3 Å². The molecule has 0 N–H and O–H groups in total. The van der Waals surface area contributed by atoms with Crippen LogP contribution in [0, 0.1) is 0 Å². The van der Waals surface area contributed by atoms with Gasteiger partial charge in [-0.15, -0.1) is 0 Å². The molecule has 0 bridgehead atoms. The molecule has 6 rings (SSSR count). The van der Waals surface area contributed by atoms with Crippen molar-refractivity contribution >= 4 is 49.1 Å². The van der Waals surface area contributed by atoms with Gasteiger partial charge in [0.25, 0.3) is 0 Å². The van der Waals surface area contributed by atoms with Gasteiger partial charge in [-0.1, -0.05) is 24.3 Å². The number of benzene rings is 2. The van der Waals surface area contributed by atoms with Gasteiger partial charge in [0.15, 0.2) is 0 Å². The van der Waals surface area contributed by atoms with Crippen LogP contribution in [0.3, 0.4) is 0 Å². The molecule has 0 aliphatic carbocycles. The van der Waals surface area contributed by atoms with E-state index >= 15 is 0 Å². The zero-order valence-electron chi connectivity index (χ0n) is 13.6. The molecule has 25 heavy (non-hydrogen) atoms. The number of para-hydroxylation sites is 1. The minimum atomic E-state index is 0.993. The third-order valence-corrected chi connectivity index (χ3v) is 5.24. The molecule has 4 heterocycles. The van der Waals surface area contributed by atoms with E-state index in [-0.39, 0.29) is 0 Å². The van der Waals surface area contributed by atoms with Gasteiger partial charge >= 0.3 is 0 Å². The van der Waals surface area contributed by atoms with Crippen molar-refractivity contribution in [2.24, 2.45) is 7.05 Å². The standard InChI is InChI=1S/C21H14N4/c1-24-17-7-3-2-5-13(17)15-11-16-14-6-4-9-22-21(14)18-8-10-23-25(18)20(16)12-19(15)24/h2-12H,1H3. The molecule has 4 nitrogen and oxygen atoms in total. The van der Waals surface area contributed by atoms with Crippen LogP contribution < -0.4 is 0 Å². The number of aryl methyl sites for hydroxylation is 1. The average molecular weight is 322 g/mol. The third-order valence-electron chi connectivity index (χ3n) is 5.24. The van der Waals surface area contributed by atoms with Crippen molar-refractivity contribution in [3.8, 4) is 0 Å². The lowest BCUT2D eigenvalue weighted by molar-refractivity contribution is 0.998. The molecule has 0 aliphatic heterocycles. The zero-order chi connectivity index (χ0) is 16.5. The summed E-state index contributed by atoms with van der Waals surface area (Å²) in [5, 5.41) is 9.45. The third kappa shape index (κ3) is 1.51. The molecule has 0 spiro atoms. The molecule has 0 saturated carbocycles. The molecule has 4 heteroatoms. The quantitative estimate of drug-likeness (QED) is 0.381. The number of hydrogen-bond donors (Lipinski definition) is 0. The summed E-state index contributed by atoms with van der Waals surface area (Å²) in [6.45, 7) is 0. The Morgan fingerprint density at radius 1 is 0.680 bits per heavy atom. The van der Waals surface area contributed by atoms with E-state index in [2.05, 4.69) is 64.2 Å². The first-order valence-electron chi connectivity index (χ1n) is 8.34. The van der Waals surface area contributed by atoms with E-state index in [1.807, 2.05) is 29.0 Å². The topological polar surface area (TPSA) is 35.1 Å². The predicted octanol–water partition coefficient (Wildman–Crippen LogP) is 4.68. The van der Waals surface area contributed by atoms with Crippen molar-refractivity contribution in [2.45, 2.75) is 0 Å². The first-order valence-corrected chi connectivity index (χ1v) is 8.34. The summed E-state index contributed by atoms with van der Waals surface area (Å²) >= 11 is 0. The molecule has 0 fully saturated rings. The Balaban J connectivity index is 1.98. The van der Waals surface area contributed by atoms with Crippen molar-refractivity contribution in [1.29, 1.82) is 0 Å². The average Bonchev–Trinajstić information content (AvgIpc) is 3.26. The highest BCUT2D eigenvalue weighted by atomic mass is 15.2. The van der Waals surface area contributed by atoms with E-state index in [0.717, 1.165) is 16.6 Å². The van der Waals surface area contributed by atoms with Crippen molar-refractivity contribution < 1.29 is 0 Å². The van der Waals surface area contributed by atoms with Crippen LogP contribution in [0.15, 0.2) is 67.0 Å². The Morgan fingerprint density at radius 2 is 1.52 bits per heavy atom. The fourth-order valence-corrected chi connectivity index (χ4v) is 4.09. The van der Waals surface area contributed by atoms with E-state index < -0.39 is 0 Å². The van der Waals surface area contributed by atoms with Crippen molar-refractivity contribution in [3.05, 3.63) is 67.0 Å². The smallest absolute Gasteiger partial charge is 0.0966 e. The van der Waals surface area contributed by atoms with Crippen molar-refractivity contribution in [1.82, 2.24) is 19.2 Å². The van der Waals surface area contributed by atoms with Gasteiger partial charge < -0.3 is 4.57 Å². The number of pyridine rings is 2. The number of hydrogen-bond acceptors (Lipinski definition) is 2. The Bertz CT molecular complexity index is 1450. The largest absolute Gasteiger partial charge is 0.344 e. The van der Waals surface area contributed by atoms with Gasteiger partial charge in [-0.2, -0.15) is 5.10 Å². The molecule has 118 valence electrons. The maximum absolute atomic E-state index is 4.61. The van der Waals surface area contributed by atoms with Gasteiger partial charge in [-0.3, -0.25) is 4.98 Å². The molecule has 0 radical (unpaired) electrons. The second-order valence-electron chi connectivity index (χ2n) is 6.49. The van der Waals surface area contributed by atoms with E-state index in [0.29, 0.717) is 0 Å². The monoisotopic (exact) mass is 322 g/mol. The van der Waals surface area contributed by atoms with Crippen LogP contribution in [0.2, 0.25) is 0 Å². The SMILES string of the molecule is Cn1c2ccccc2c2cc3c4cccnc4c4ccnn4c3cc21. The predicted molar refractivity (Wildman–Crippen MR) is 102 cm³/mol. The lowest BCUT2D eigenvalue weighted by Gasteiger charge is -2.08. The normalized spacial score (nSPS) is 12.2. The fourth-order valence-electron chi connectivity index (χ4n) is 4.09. The van der Waals surface area contributed by atoms with Gasteiger partial charge in [-0.25, -0.2) is 4.52 Å². The lowest BCUT2D eigenvalue weighted by Crippen LogP contribution is -1.95. The molecular formula is C21H14N4. The van der Waals surface area contributed by atoms with Crippen LogP contribution >= 0.6 is 0 Å². The van der Waals surface area contributed by atoms with E-state index in [4.69, 9.17) is 0 Å². The molecule has 2 aromatic carbocycles. The Hall–Kier alpha value is -3.40. The summed E-state index contributed by atoms with van der Waals surface area (Å²) in [6.07, 6.45) is 3.69. The first kappa shape index (κ1) is 13.0. The van der Waals surface area contributed by atoms with Crippen LogP contribution in [0.25, 0.3) is 49.1 Å². The molecule has 0 unspecified atom stereocenters. The van der Waals surface area contributed by atoms with E-state index in [9.17, 15) is 0 Å². The first-order chi connectivity index (χ1) is 12.3. The Kier molecular flexibility index (Phi) is 2.26. The van der Waals surface area contributed by atoms with Gasteiger partial charge in [-0.05, 0) is 30.3 Å². The van der Waals surface area contributed by atoms with E-state index in [1.165, 1.54) is 32.6 Å². The summed E-state index contributed by atoms with van der Waals surface area (Å²) in [5.74, 6) is 0. The van der Waals surface area contributed by atoms with Crippen molar-refractivity contribution in [2.75, 3.05) is 0 Å². The zero-order valence-corrected chi connectivity index (χ0v) is 13.6. The summed E-state index contributed by atoms with van der Waals surface area (Å²) in [7, 11) is 2.12. The maximum Gasteiger partial charge on any atom is 0.0966 e. The van der Waals surface area contributed by atoms with Crippen LogP contribution in [0.1, 0.15) is 0 Å².